The zero-order chi connectivity index (χ0) is 16.3. The topological polar surface area (TPSA) is 58.0 Å². The maximum absolute atomic E-state index is 12.9. The summed E-state index contributed by atoms with van der Waals surface area (Å²) in [5.41, 5.74) is 0.911. The molecule has 0 aliphatic heterocycles. The highest BCUT2D eigenvalue weighted by molar-refractivity contribution is 7.15. The number of benzene rings is 1. The predicted molar refractivity (Wildman–Crippen MR) is 91.5 cm³/mol. The monoisotopic (exact) mass is 349 g/mol. The van der Waals surface area contributed by atoms with Crippen LogP contribution in [0, 0.1) is 5.82 Å². The van der Waals surface area contributed by atoms with Gasteiger partial charge in [-0.15, -0.1) is 10.2 Å². The lowest BCUT2D eigenvalue weighted by Gasteiger charge is -2.22. The molecule has 1 atom stereocenters. The van der Waals surface area contributed by atoms with Gasteiger partial charge in [-0.2, -0.15) is 11.3 Å². The van der Waals surface area contributed by atoms with Crippen LogP contribution in [0.4, 0.5) is 9.52 Å². The van der Waals surface area contributed by atoms with Gasteiger partial charge in [-0.25, -0.2) is 4.39 Å². The number of nitrogens with zero attached hydrogens (tertiary/aromatic N) is 2. The molecule has 0 spiro atoms. The molecule has 0 fully saturated rings. The van der Waals surface area contributed by atoms with Crippen LogP contribution in [0.25, 0.3) is 0 Å². The molecule has 3 aromatic rings. The second-order valence-corrected chi connectivity index (χ2v) is 7.29. The van der Waals surface area contributed by atoms with Crippen molar-refractivity contribution in [3.63, 3.8) is 0 Å². The van der Waals surface area contributed by atoms with Crippen LogP contribution in [-0.4, -0.2) is 21.8 Å². The van der Waals surface area contributed by atoms with Crippen molar-refractivity contribution in [2.45, 2.75) is 18.9 Å². The first kappa shape index (κ1) is 16.0. The Kier molecular flexibility index (Phi) is 4.70. The smallest absolute Gasteiger partial charge is 0.205 e. The highest BCUT2D eigenvalue weighted by Gasteiger charge is 2.23. The summed E-state index contributed by atoms with van der Waals surface area (Å²) >= 11 is 2.99. The second-order valence-electron chi connectivity index (χ2n) is 5.44. The van der Waals surface area contributed by atoms with Gasteiger partial charge in [0.15, 0.2) is 0 Å². The lowest BCUT2D eigenvalue weighted by atomic mass is 10.00. The number of rotatable bonds is 6. The van der Waals surface area contributed by atoms with Crippen molar-refractivity contribution in [3.05, 3.63) is 63.0 Å². The minimum atomic E-state index is -0.956. The van der Waals surface area contributed by atoms with Gasteiger partial charge in [-0.05, 0) is 47.0 Å². The lowest BCUT2D eigenvalue weighted by Crippen LogP contribution is -2.30. The molecule has 0 aliphatic rings. The quantitative estimate of drug-likeness (QED) is 0.713. The van der Waals surface area contributed by atoms with E-state index in [0.29, 0.717) is 18.1 Å². The molecule has 1 aromatic carbocycles. The summed E-state index contributed by atoms with van der Waals surface area (Å²) in [6.07, 6.45) is 0.612. The van der Waals surface area contributed by atoms with Crippen LogP contribution in [0.15, 0.2) is 41.1 Å². The first-order chi connectivity index (χ1) is 11.0. The van der Waals surface area contributed by atoms with E-state index in [0.717, 1.165) is 16.1 Å². The highest BCUT2D eigenvalue weighted by Crippen LogP contribution is 2.25. The normalized spacial score (nSPS) is 13.7. The van der Waals surface area contributed by atoms with E-state index < -0.39 is 5.60 Å². The number of anilines is 1. The van der Waals surface area contributed by atoms with Gasteiger partial charge < -0.3 is 10.4 Å². The molecule has 7 heteroatoms. The lowest BCUT2D eigenvalue weighted by molar-refractivity contribution is 0.0720. The summed E-state index contributed by atoms with van der Waals surface area (Å²) in [6, 6.07) is 8.27. The Labute approximate surface area is 141 Å². The maximum atomic E-state index is 12.9. The summed E-state index contributed by atoms with van der Waals surface area (Å²) < 4.78 is 12.9. The van der Waals surface area contributed by atoms with Crippen LogP contribution in [-0.2, 0) is 12.0 Å². The van der Waals surface area contributed by atoms with Gasteiger partial charge in [0.25, 0.3) is 0 Å². The molecule has 0 saturated heterocycles. The van der Waals surface area contributed by atoms with Gasteiger partial charge in [0.2, 0.25) is 5.13 Å². The standard InChI is InChI=1S/C16H16FN3OS2/c1-16(21,12-6-7-22-9-12)10-18-15-20-19-14(23-15)8-11-2-4-13(17)5-3-11/h2-7,9,21H,8,10H2,1H3,(H,18,20). The molecule has 0 radical (unpaired) electrons. The van der Waals surface area contributed by atoms with E-state index in [9.17, 15) is 9.50 Å². The van der Waals surface area contributed by atoms with Gasteiger partial charge in [0.1, 0.15) is 16.4 Å². The Morgan fingerprint density at radius 3 is 2.70 bits per heavy atom. The number of hydrogen-bond acceptors (Lipinski definition) is 6. The Bertz CT molecular complexity index is 754. The van der Waals surface area contributed by atoms with Crippen molar-refractivity contribution in [1.82, 2.24) is 10.2 Å². The second kappa shape index (κ2) is 6.74. The molecule has 2 N–H and O–H groups in total. The van der Waals surface area contributed by atoms with Crippen molar-refractivity contribution in [3.8, 4) is 0 Å². The third-order valence-electron chi connectivity index (χ3n) is 3.46. The molecule has 2 heterocycles. The molecular weight excluding hydrogens is 333 g/mol. The number of halogens is 1. The molecule has 1 unspecified atom stereocenters. The van der Waals surface area contributed by atoms with Gasteiger partial charge in [-0.3, -0.25) is 0 Å². The van der Waals surface area contributed by atoms with Gasteiger partial charge in [0.05, 0.1) is 0 Å². The zero-order valence-electron chi connectivity index (χ0n) is 12.5. The van der Waals surface area contributed by atoms with Gasteiger partial charge in [0, 0.05) is 13.0 Å². The minimum absolute atomic E-state index is 0.246. The number of thiophene rings is 1. The summed E-state index contributed by atoms with van der Waals surface area (Å²) in [4.78, 5) is 0. The molecular formula is C16H16FN3OS2. The highest BCUT2D eigenvalue weighted by atomic mass is 32.1. The third kappa shape index (κ3) is 4.13. The van der Waals surface area contributed by atoms with Crippen LogP contribution < -0.4 is 5.32 Å². The third-order valence-corrected chi connectivity index (χ3v) is 5.03. The Hall–Kier alpha value is -1.83. The zero-order valence-corrected chi connectivity index (χ0v) is 14.1. The molecule has 23 heavy (non-hydrogen) atoms. The van der Waals surface area contributed by atoms with Crippen LogP contribution in [0.5, 0.6) is 0 Å². The summed E-state index contributed by atoms with van der Waals surface area (Å²) in [5, 5.41) is 27.2. The molecule has 2 aromatic heterocycles. The van der Waals surface area contributed by atoms with Crippen LogP contribution >= 0.6 is 22.7 Å². The fraction of sp³-hybridized carbons (Fsp3) is 0.250. The molecule has 0 saturated carbocycles. The van der Waals surface area contributed by atoms with E-state index in [2.05, 4.69) is 15.5 Å². The average molecular weight is 349 g/mol. The summed E-state index contributed by atoms with van der Waals surface area (Å²) in [7, 11) is 0. The molecule has 4 nitrogen and oxygen atoms in total. The fourth-order valence-corrected chi connectivity index (χ4v) is 3.65. The fourth-order valence-electron chi connectivity index (χ4n) is 2.09. The van der Waals surface area contributed by atoms with Crippen molar-refractivity contribution in [2.75, 3.05) is 11.9 Å². The van der Waals surface area contributed by atoms with E-state index in [1.165, 1.54) is 23.5 Å². The van der Waals surface area contributed by atoms with E-state index in [-0.39, 0.29) is 5.82 Å². The number of hydrogen-bond donors (Lipinski definition) is 2. The van der Waals surface area contributed by atoms with Crippen LogP contribution in [0.2, 0.25) is 0 Å². The van der Waals surface area contributed by atoms with E-state index in [1.807, 2.05) is 16.8 Å². The van der Waals surface area contributed by atoms with E-state index >= 15 is 0 Å². The Morgan fingerprint density at radius 1 is 1.22 bits per heavy atom. The SMILES string of the molecule is CC(O)(CNc1nnc(Cc2ccc(F)cc2)s1)c1ccsc1. The number of aliphatic hydroxyl groups is 1. The average Bonchev–Trinajstić information content (AvgIpc) is 3.19. The number of nitrogens with one attached hydrogen (secondary N) is 1. The van der Waals surface area contributed by atoms with E-state index in [1.54, 1.807) is 30.4 Å². The molecule has 3 rings (SSSR count). The van der Waals surface area contributed by atoms with Gasteiger partial charge in [-0.1, -0.05) is 23.5 Å². The van der Waals surface area contributed by atoms with Crippen molar-refractivity contribution in [2.24, 2.45) is 0 Å². The number of aromatic nitrogens is 2. The first-order valence-electron chi connectivity index (χ1n) is 7.09. The molecule has 0 amide bonds. The van der Waals surface area contributed by atoms with Crippen molar-refractivity contribution < 1.29 is 9.50 Å². The molecule has 0 aliphatic carbocycles. The van der Waals surface area contributed by atoms with Gasteiger partial charge >= 0.3 is 0 Å². The van der Waals surface area contributed by atoms with Crippen LogP contribution in [0.3, 0.4) is 0 Å². The summed E-state index contributed by atoms with van der Waals surface area (Å²) in [5.74, 6) is -0.246. The Balaban J connectivity index is 1.60. The summed E-state index contributed by atoms with van der Waals surface area (Å²) in [6.45, 7) is 2.12. The minimum Gasteiger partial charge on any atom is -0.384 e. The predicted octanol–water partition coefficient (Wildman–Crippen LogP) is 3.65. The van der Waals surface area contributed by atoms with Crippen LogP contribution in [0.1, 0.15) is 23.1 Å². The van der Waals surface area contributed by atoms with E-state index in [4.69, 9.17) is 0 Å². The maximum Gasteiger partial charge on any atom is 0.205 e. The molecule has 120 valence electrons. The Morgan fingerprint density at radius 2 is 2.00 bits per heavy atom. The largest absolute Gasteiger partial charge is 0.384 e. The molecule has 0 bridgehead atoms. The first-order valence-corrected chi connectivity index (χ1v) is 8.85. The van der Waals surface area contributed by atoms with Crippen molar-refractivity contribution in [1.29, 1.82) is 0 Å². The van der Waals surface area contributed by atoms with Crippen molar-refractivity contribution >= 4 is 27.8 Å².